The molecule has 0 atom stereocenters. The third-order valence-corrected chi connectivity index (χ3v) is 6.13. The van der Waals surface area contributed by atoms with Gasteiger partial charge in [0.1, 0.15) is 11.6 Å². The van der Waals surface area contributed by atoms with Crippen LogP contribution in [0.15, 0.2) is 48.7 Å². The Morgan fingerprint density at radius 1 is 1.11 bits per heavy atom. The van der Waals surface area contributed by atoms with Crippen LogP contribution in [0.3, 0.4) is 0 Å². The number of likely N-dealkylation sites (tertiary alicyclic amines) is 1. The second-order valence-electron chi connectivity index (χ2n) is 9.06. The zero-order chi connectivity index (χ0) is 24.9. The molecule has 0 aliphatic carbocycles. The molecule has 1 fully saturated rings. The Bertz CT molecular complexity index is 1230. The van der Waals surface area contributed by atoms with Gasteiger partial charge in [0.2, 0.25) is 0 Å². The molecule has 1 aromatic carbocycles. The molecule has 2 aromatic heterocycles. The van der Waals surface area contributed by atoms with E-state index in [0.717, 1.165) is 18.4 Å². The van der Waals surface area contributed by atoms with Gasteiger partial charge < -0.3 is 15.5 Å². The smallest absolute Gasteiger partial charge is 0.274 e. The van der Waals surface area contributed by atoms with Crippen LogP contribution in [0.1, 0.15) is 64.6 Å². The Morgan fingerprint density at radius 2 is 1.83 bits per heavy atom. The number of hydrogen-bond donors (Lipinski definition) is 2. The van der Waals surface area contributed by atoms with Crippen LogP contribution in [0.2, 0.25) is 0 Å². The van der Waals surface area contributed by atoms with E-state index in [1.54, 1.807) is 25.2 Å². The number of aromatic nitrogens is 3. The summed E-state index contributed by atoms with van der Waals surface area (Å²) in [7, 11) is 1.70. The summed E-state index contributed by atoms with van der Waals surface area (Å²) < 4.78 is 1.51. The molecule has 8 nitrogen and oxygen atoms in total. The Labute approximate surface area is 205 Å². The fourth-order valence-corrected chi connectivity index (χ4v) is 4.22. The first kappa shape index (κ1) is 24.0. The van der Waals surface area contributed by atoms with Gasteiger partial charge >= 0.3 is 0 Å². The molecule has 0 unspecified atom stereocenters. The minimum atomic E-state index is -0.313. The van der Waals surface area contributed by atoms with Crippen LogP contribution in [0.4, 0.5) is 11.6 Å². The van der Waals surface area contributed by atoms with Crippen molar-refractivity contribution >= 4 is 23.5 Å². The van der Waals surface area contributed by atoms with E-state index >= 15 is 0 Å². The molecule has 35 heavy (non-hydrogen) atoms. The van der Waals surface area contributed by atoms with E-state index in [2.05, 4.69) is 38.8 Å². The second kappa shape index (κ2) is 10.4. The molecule has 2 amide bonds. The van der Waals surface area contributed by atoms with Gasteiger partial charge in [0, 0.05) is 44.0 Å². The molecule has 1 saturated heterocycles. The summed E-state index contributed by atoms with van der Waals surface area (Å²) in [6.45, 7) is 5.35. The van der Waals surface area contributed by atoms with Gasteiger partial charge in [-0.15, -0.1) is 6.42 Å². The molecule has 0 spiro atoms. The number of piperidine rings is 1. The van der Waals surface area contributed by atoms with Gasteiger partial charge in [-0.05, 0) is 62.4 Å². The van der Waals surface area contributed by atoms with Crippen molar-refractivity contribution in [2.45, 2.75) is 38.6 Å². The molecular formula is C27H30N6O2. The normalized spacial score (nSPS) is 14.0. The molecule has 4 rings (SSSR count). The van der Waals surface area contributed by atoms with Crippen LogP contribution in [0.25, 0.3) is 0 Å². The summed E-state index contributed by atoms with van der Waals surface area (Å²) in [6.07, 6.45) is 8.73. The van der Waals surface area contributed by atoms with Crippen LogP contribution in [-0.2, 0) is 7.05 Å². The number of nitrogens with one attached hydrogen (secondary N) is 2. The molecule has 8 heteroatoms. The first-order valence-corrected chi connectivity index (χ1v) is 11.8. The summed E-state index contributed by atoms with van der Waals surface area (Å²) in [5.41, 5.74) is 2.86. The number of benzene rings is 1. The fraction of sp³-hybridized carbons (Fsp3) is 0.333. The van der Waals surface area contributed by atoms with Gasteiger partial charge in [0.05, 0.1) is 5.56 Å². The lowest BCUT2D eigenvalue weighted by Crippen LogP contribution is -2.38. The number of aryl methyl sites for hydroxylation is 1. The first-order valence-electron chi connectivity index (χ1n) is 11.8. The third kappa shape index (κ3) is 5.69. The molecule has 0 radical (unpaired) electrons. The van der Waals surface area contributed by atoms with Gasteiger partial charge in [-0.2, -0.15) is 5.10 Å². The Morgan fingerprint density at radius 3 is 2.43 bits per heavy atom. The summed E-state index contributed by atoms with van der Waals surface area (Å²) in [5.74, 6) is 3.76. The number of pyridine rings is 1. The number of carbonyl (C=O) groups excluding carboxylic acids is 2. The quantitative estimate of drug-likeness (QED) is 0.534. The van der Waals surface area contributed by atoms with Crippen molar-refractivity contribution in [2.75, 3.05) is 23.7 Å². The van der Waals surface area contributed by atoms with E-state index in [9.17, 15) is 9.59 Å². The van der Waals surface area contributed by atoms with Gasteiger partial charge in [-0.1, -0.05) is 18.1 Å². The van der Waals surface area contributed by atoms with Crippen molar-refractivity contribution in [1.82, 2.24) is 19.7 Å². The summed E-state index contributed by atoms with van der Waals surface area (Å²) >= 11 is 0. The van der Waals surface area contributed by atoms with Crippen molar-refractivity contribution in [2.24, 2.45) is 7.05 Å². The molecule has 0 bridgehead atoms. The lowest BCUT2D eigenvalue weighted by Gasteiger charge is -2.31. The van der Waals surface area contributed by atoms with E-state index < -0.39 is 0 Å². The highest BCUT2D eigenvalue weighted by Crippen LogP contribution is 2.29. The molecular weight excluding hydrogens is 440 g/mol. The van der Waals surface area contributed by atoms with E-state index in [4.69, 9.17) is 6.42 Å². The van der Waals surface area contributed by atoms with Gasteiger partial charge in [0.15, 0.2) is 5.69 Å². The van der Waals surface area contributed by atoms with Crippen molar-refractivity contribution < 1.29 is 9.59 Å². The third-order valence-electron chi connectivity index (χ3n) is 6.13. The van der Waals surface area contributed by atoms with Crippen molar-refractivity contribution in [3.63, 3.8) is 0 Å². The van der Waals surface area contributed by atoms with Crippen molar-refractivity contribution in [1.29, 1.82) is 0 Å². The van der Waals surface area contributed by atoms with Gasteiger partial charge in [0.25, 0.3) is 11.8 Å². The monoisotopic (exact) mass is 470 g/mol. The molecule has 2 N–H and O–H groups in total. The van der Waals surface area contributed by atoms with Gasteiger partial charge in [-0.3, -0.25) is 14.3 Å². The number of nitrogens with zero attached hydrogens (tertiary/aromatic N) is 4. The lowest BCUT2D eigenvalue weighted by atomic mass is 9.89. The largest absolute Gasteiger partial charge is 0.368 e. The highest BCUT2D eigenvalue weighted by Gasteiger charge is 2.26. The van der Waals surface area contributed by atoms with Crippen molar-refractivity contribution in [3.8, 4) is 12.3 Å². The Hall–Kier alpha value is -4.12. The average molecular weight is 471 g/mol. The SMILES string of the molecule is C#Cc1ccc(C2CCN(C(=O)c3cc(NC(=O)c4ccc(NC(C)C)nc4)n(C)n3)CC2)cc1. The summed E-state index contributed by atoms with van der Waals surface area (Å²) in [6, 6.07) is 13.4. The number of anilines is 2. The minimum absolute atomic E-state index is 0.131. The molecule has 180 valence electrons. The van der Waals surface area contributed by atoms with E-state index in [1.165, 1.54) is 16.4 Å². The second-order valence-corrected chi connectivity index (χ2v) is 9.06. The van der Waals surface area contributed by atoms with E-state index in [-0.39, 0.29) is 17.9 Å². The van der Waals surface area contributed by atoms with Crippen LogP contribution in [0.5, 0.6) is 0 Å². The number of amides is 2. The van der Waals surface area contributed by atoms with Crippen molar-refractivity contribution in [3.05, 3.63) is 71.0 Å². The zero-order valence-corrected chi connectivity index (χ0v) is 20.3. The predicted octanol–water partition coefficient (Wildman–Crippen LogP) is 3.89. The Balaban J connectivity index is 1.36. The standard InChI is InChI=1S/C27H30N6O2/c1-5-19-6-8-20(9-7-19)21-12-14-33(15-13-21)27(35)23-16-25(32(4)31-23)30-26(34)22-10-11-24(28-17-22)29-18(2)3/h1,6-11,16-18,21H,12-15H2,2-4H3,(H,28,29)(H,30,34). The highest BCUT2D eigenvalue weighted by atomic mass is 16.2. The lowest BCUT2D eigenvalue weighted by molar-refractivity contribution is 0.0706. The molecule has 1 aliphatic heterocycles. The van der Waals surface area contributed by atoms with E-state index in [1.807, 2.05) is 30.9 Å². The van der Waals surface area contributed by atoms with Crippen LogP contribution < -0.4 is 10.6 Å². The number of hydrogen-bond acceptors (Lipinski definition) is 5. The number of carbonyl (C=O) groups is 2. The zero-order valence-electron chi connectivity index (χ0n) is 20.3. The average Bonchev–Trinajstić information content (AvgIpc) is 3.23. The van der Waals surface area contributed by atoms with Crippen LogP contribution >= 0.6 is 0 Å². The van der Waals surface area contributed by atoms with Crippen LogP contribution in [-0.4, -0.2) is 50.6 Å². The first-order chi connectivity index (χ1) is 16.8. The molecule has 0 saturated carbocycles. The number of rotatable bonds is 6. The molecule has 3 aromatic rings. The molecule has 3 heterocycles. The fourth-order valence-electron chi connectivity index (χ4n) is 4.22. The Kier molecular flexibility index (Phi) is 7.16. The predicted molar refractivity (Wildman–Crippen MR) is 136 cm³/mol. The highest BCUT2D eigenvalue weighted by molar-refractivity contribution is 6.04. The topological polar surface area (TPSA) is 92.2 Å². The van der Waals surface area contributed by atoms with Crippen LogP contribution in [0, 0.1) is 12.3 Å². The number of terminal acetylenes is 1. The minimum Gasteiger partial charge on any atom is -0.368 e. The molecule has 1 aliphatic rings. The van der Waals surface area contributed by atoms with Gasteiger partial charge in [-0.25, -0.2) is 4.98 Å². The summed E-state index contributed by atoms with van der Waals surface area (Å²) in [4.78, 5) is 31.8. The maximum absolute atomic E-state index is 13.1. The van der Waals surface area contributed by atoms with E-state index in [0.29, 0.717) is 41.9 Å². The summed E-state index contributed by atoms with van der Waals surface area (Å²) in [5, 5.41) is 10.3. The maximum Gasteiger partial charge on any atom is 0.274 e. The maximum atomic E-state index is 13.1.